The lowest BCUT2D eigenvalue weighted by Gasteiger charge is -2.02. The van der Waals surface area contributed by atoms with Crippen LogP contribution in [0.1, 0.15) is 5.56 Å². The minimum Gasteiger partial charge on any atom is -0.475 e. The second-order valence-electron chi connectivity index (χ2n) is 3.05. The van der Waals surface area contributed by atoms with Gasteiger partial charge in [0.05, 0.1) is 0 Å². The summed E-state index contributed by atoms with van der Waals surface area (Å²) in [6.07, 6.45) is 0. The van der Waals surface area contributed by atoms with Crippen molar-refractivity contribution in [3.05, 3.63) is 48.0 Å². The summed E-state index contributed by atoms with van der Waals surface area (Å²) < 4.78 is 4.93. The van der Waals surface area contributed by atoms with Crippen molar-refractivity contribution in [2.75, 3.05) is 0 Å². The van der Waals surface area contributed by atoms with E-state index in [1.165, 1.54) is 10.8 Å². The van der Waals surface area contributed by atoms with Crippen molar-refractivity contribution < 1.29 is 4.74 Å². The Morgan fingerprint density at radius 2 is 1.86 bits per heavy atom. The van der Waals surface area contributed by atoms with Gasteiger partial charge < -0.3 is 4.74 Å². The van der Waals surface area contributed by atoms with Crippen LogP contribution in [0.5, 0.6) is 0 Å². The molecule has 0 aromatic heterocycles. The van der Waals surface area contributed by atoms with Crippen LogP contribution in [0.4, 0.5) is 0 Å². The zero-order valence-electron chi connectivity index (χ0n) is 7.57. The van der Waals surface area contributed by atoms with Gasteiger partial charge >= 0.3 is 0 Å². The van der Waals surface area contributed by atoms with Crippen LogP contribution in [0, 0.1) is 0 Å². The van der Waals surface area contributed by atoms with Crippen LogP contribution >= 0.6 is 12.2 Å². The van der Waals surface area contributed by atoms with Gasteiger partial charge in [-0.15, -0.1) is 0 Å². The van der Waals surface area contributed by atoms with Gasteiger partial charge in [-0.2, -0.15) is 0 Å². The highest BCUT2D eigenvalue weighted by molar-refractivity contribution is 7.78. The summed E-state index contributed by atoms with van der Waals surface area (Å²) in [6.45, 7) is 0.494. The fourth-order valence-corrected chi connectivity index (χ4v) is 1.50. The van der Waals surface area contributed by atoms with E-state index >= 15 is 0 Å². The van der Waals surface area contributed by atoms with Crippen LogP contribution < -0.4 is 0 Å². The predicted molar refractivity (Wildman–Crippen MR) is 61.3 cm³/mol. The molecule has 1 radical (unpaired) electrons. The molecule has 0 aliphatic heterocycles. The Labute approximate surface area is 88.3 Å². The fraction of sp³-hybridized carbons (Fsp3) is 0.0833. The summed E-state index contributed by atoms with van der Waals surface area (Å²) in [5, 5.41) is 2.46. The third kappa shape index (κ3) is 1.91. The molecule has 0 fully saturated rings. The van der Waals surface area contributed by atoms with Crippen molar-refractivity contribution in [3.8, 4) is 0 Å². The Kier molecular flexibility index (Phi) is 2.75. The largest absolute Gasteiger partial charge is 0.475 e. The van der Waals surface area contributed by atoms with Crippen LogP contribution in [0.25, 0.3) is 10.8 Å². The van der Waals surface area contributed by atoms with Crippen LogP contribution in [0.2, 0.25) is 0 Å². The van der Waals surface area contributed by atoms with E-state index < -0.39 is 0 Å². The third-order valence-corrected chi connectivity index (χ3v) is 2.23. The maximum Gasteiger partial charge on any atom is 0.239 e. The average Bonchev–Trinajstić information content (AvgIpc) is 2.26. The van der Waals surface area contributed by atoms with Crippen molar-refractivity contribution in [2.24, 2.45) is 0 Å². The molecule has 0 aliphatic carbocycles. The van der Waals surface area contributed by atoms with Crippen LogP contribution in [0.3, 0.4) is 0 Å². The summed E-state index contributed by atoms with van der Waals surface area (Å²) >= 11 is 4.47. The first kappa shape index (κ1) is 9.16. The first-order chi connectivity index (χ1) is 6.90. The zero-order valence-corrected chi connectivity index (χ0v) is 8.38. The number of hydrogen-bond donors (Lipinski definition) is 0. The molecule has 0 saturated carbocycles. The number of thiocarbonyl (C=S) groups is 1. The standard InChI is InChI=1S/C12H9OS/c14-9-13-8-10-5-6-11-3-1-2-4-12(11)7-10/h1-7H,8H2. The summed E-state index contributed by atoms with van der Waals surface area (Å²) in [6, 6.07) is 14.4. The molecular formula is C12H9OS. The van der Waals surface area contributed by atoms with Gasteiger partial charge in [-0.3, -0.25) is 0 Å². The molecule has 2 aromatic carbocycles. The SMILES string of the molecule is S=[C]OCc1ccc2ccccc2c1. The Balaban J connectivity index is 2.36. The quantitative estimate of drug-likeness (QED) is 0.705. The molecule has 0 unspecified atom stereocenters. The fourth-order valence-electron chi connectivity index (χ4n) is 1.44. The predicted octanol–water partition coefficient (Wildman–Crippen LogP) is 3.19. The van der Waals surface area contributed by atoms with Crippen LogP contribution in [0.15, 0.2) is 42.5 Å². The van der Waals surface area contributed by atoms with E-state index in [0.29, 0.717) is 6.61 Å². The van der Waals surface area contributed by atoms with Gasteiger partial charge in [0.1, 0.15) is 6.61 Å². The number of fused-ring (bicyclic) bond motifs is 1. The molecule has 0 atom stereocenters. The second kappa shape index (κ2) is 4.20. The van der Waals surface area contributed by atoms with E-state index in [1.807, 2.05) is 18.2 Å². The summed E-state index contributed by atoms with van der Waals surface area (Å²) in [5.41, 5.74) is 3.36. The van der Waals surface area contributed by atoms with Crippen molar-refractivity contribution in [3.63, 3.8) is 0 Å². The van der Waals surface area contributed by atoms with E-state index in [4.69, 9.17) is 4.74 Å². The molecule has 0 amide bonds. The van der Waals surface area contributed by atoms with Gasteiger partial charge in [-0.25, -0.2) is 0 Å². The van der Waals surface area contributed by atoms with Crippen molar-refractivity contribution >= 4 is 28.5 Å². The molecule has 2 rings (SSSR count). The van der Waals surface area contributed by atoms with E-state index in [1.54, 1.807) is 0 Å². The van der Waals surface area contributed by atoms with Crippen LogP contribution in [-0.2, 0) is 11.3 Å². The van der Waals surface area contributed by atoms with Gasteiger partial charge in [0.25, 0.3) is 0 Å². The molecule has 14 heavy (non-hydrogen) atoms. The summed E-state index contributed by atoms with van der Waals surface area (Å²) in [4.78, 5) is 0. The van der Waals surface area contributed by atoms with Gasteiger partial charge in [-0.1, -0.05) is 36.4 Å². The van der Waals surface area contributed by atoms with E-state index in [-0.39, 0.29) is 0 Å². The molecule has 0 aliphatic rings. The van der Waals surface area contributed by atoms with Crippen LogP contribution in [-0.4, -0.2) is 5.55 Å². The molecule has 0 spiro atoms. The topological polar surface area (TPSA) is 9.23 Å². The molecule has 2 aromatic rings. The third-order valence-electron chi connectivity index (χ3n) is 2.11. The highest BCUT2D eigenvalue weighted by Gasteiger charge is 1.95. The summed E-state index contributed by atoms with van der Waals surface area (Å²) in [7, 11) is 0. The number of rotatable bonds is 3. The van der Waals surface area contributed by atoms with E-state index in [2.05, 4.69) is 42.0 Å². The van der Waals surface area contributed by atoms with Crippen molar-refractivity contribution in [1.82, 2.24) is 0 Å². The Morgan fingerprint density at radius 3 is 2.64 bits per heavy atom. The van der Waals surface area contributed by atoms with Crippen molar-refractivity contribution in [2.45, 2.75) is 6.61 Å². The Bertz CT molecular complexity index is 451. The highest BCUT2D eigenvalue weighted by Crippen LogP contribution is 2.15. The maximum atomic E-state index is 4.93. The van der Waals surface area contributed by atoms with Gasteiger partial charge in [-0.05, 0) is 34.6 Å². The Morgan fingerprint density at radius 1 is 1.07 bits per heavy atom. The van der Waals surface area contributed by atoms with Gasteiger partial charge in [0.15, 0.2) is 0 Å². The lowest BCUT2D eigenvalue weighted by Crippen LogP contribution is -1.88. The number of ether oxygens (including phenoxy) is 1. The average molecular weight is 201 g/mol. The highest BCUT2D eigenvalue weighted by atomic mass is 32.1. The van der Waals surface area contributed by atoms with Gasteiger partial charge in [0, 0.05) is 0 Å². The molecule has 69 valence electrons. The Hall–Kier alpha value is -1.41. The zero-order chi connectivity index (χ0) is 9.80. The molecular weight excluding hydrogens is 192 g/mol. The van der Waals surface area contributed by atoms with Gasteiger partial charge in [0.2, 0.25) is 5.55 Å². The molecule has 1 nitrogen and oxygen atoms in total. The molecule has 0 N–H and O–H groups in total. The lowest BCUT2D eigenvalue weighted by atomic mass is 10.1. The number of hydrogen-bond acceptors (Lipinski definition) is 2. The minimum absolute atomic E-state index is 0.494. The maximum absolute atomic E-state index is 4.93. The normalized spacial score (nSPS) is 10.0. The molecule has 0 bridgehead atoms. The van der Waals surface area contributed by atoms with E-state index in [0.717, 1.165) is 5.56 Å². The first-order valence-corrected chi connectivity index (χ1v) is 4.77. The second-order valence-corrected chi connectivity index (χ2v) is 3.22. The lowest BCUT2D eigenvalue weighted by molar-refractivity contribution is 0.315. The summed E-state index contributed by atoms with van der Waals surface area (Å²) in [5.74, 6) is 0. The molecule has 2 heteroatoms. The molecule has 0 heterocycles. The first-order valence-electron chi connectivity index (χ1n) is 4.37. The molecule has 0 saturated heterocycles. The monoisotopic (exact) mass is 201 g/mol. The van der Waals surface area contributed by atoms with Crippen molar-refractivity contribution in [1.29, 1.82) is 0 Å². The van der Waals surface area contributed by atoms with E-state index in [9.17, 15) is 0 Å². The smallest absolute Gasteiger partial charge is 0.239 e. The minimum atomic E-state index is 0.494. The number of benzene rings is 2.